The van der Waals surface area contributed by atoms with Crippen molar-refractivity contribution in [2.24, 2.45) is 0 Å². The van der Waals surface area contributed by atoms with Gasteiger partial charge in [0.05, 0.1) is 5.69 Å². The second-order valence-electron chi connectivity index (χ2n) is 4.40. The number of hydrogen-bond donors (Lipinski definition) is 1. The molecule has 0 bridgehead atoms. The molecule has 0 fully saturated rings. The molecule has 0 spiro atoms. The zero-order valence-corrected chi connectivity index (χ0v) is 12.5. The lowest BCUT2D eigenvalue weighted by Gasteiger charge is -2.23. The molecule has 0 aliphatic heterocycles. The molecule has 0 unspecified atom stereocenters. The van der Waals surface area contributed by atoms with Crippen LogP contribution in [0.25, 0.3) is 6.08 Å². The molecule has 1 N–H and O–H groups in total. The third-order valence-electron chi connectivity index (χ3n) is 2.85. The van der Waals surface area contributed by atoms with Crippen LogP contribution < -0.4 is 10.4 Å². The highest BCUT2D eigenvalue weighted by atomic mass is 32.1. The van der Waals surface area contributed by atoms with E-state index in [1.807, 2.05) is 66.7 Å². The lowest BCUT2D eigenvalue weighted by Crippen LogP contribution is -2.41. The van der Waals surface area contributed by atoms with Crippen molar-refractivity contribution >= 4 is 29.0 Å². The molecule has 1 heterocycles. The number of amides is 1. The minimum absolute atomic E-state index is 0.124. The van der Waals surface area contributed by atoms with E-state index in [0.29, 0.717) is 6.54 Å². The maximum Gasteiger partial charge on any atom is 0.262 e. The Morgan fingerprint density at radius 2 is 2.05 bits per heavy atom. The van der Waals surface area contributed by atoms with Gasteiger partial charge >= 0.3 is 0 Å². The fraction of sp³-hybridized carbons (Fsp3) is 0.188. The van der Waals surface area contributed by atoms with Crippen LogP contribution in [0.1, 0.15) is 17.4 Å². The standard InChI is InChI=1S/C16H18N2OS/c1-3-18(14-8-6-13(2)7-9-14)17-16(19)11-10-15-5-4-12-20-15/h4-12H,3H2,1-2H3,(H,17,19)/b11-10+. The van der Waals surface area contributed by atoms with Gasteiger partial charge < -0.3 is 0 Å². The molecule has 3 nitrogen and oxygen atoms in total. The number of thiophene rings is 1. The van der Waals surface area contributed by atoms with Gasteiger partial charge in [0.2, 0.25) is 0 Å². The highest BCUT2D eigenvalue weighted by Gasteiger charge is 2.06. The Bertz CT molecular complexity index is 573. The Kier molecular flexibility index (Phi) is 4.96. The summed E-state index contributed by atoms with van der Waals surface area (Å²) in [5.74, 6) is -0.124. The predicted octanol–water partition coefficient (Wildman–Crippen LogP) is 3.63. The fourth-order valence-corrected chi connectivity index (χ4v) is 2.38. The van der Waals surface area contributed by atoms with E-state index < -0.39 is 0 Å². The third kappa shape index (κ3) is 3.96. The summed E-state index contributed by atoms with van der Waals surface area (Å²) in [7, 11) is 0. The number of nitrogens with zero attached hydrogens (tertiary/aromatic N) is 1. The Hall–Kier alpha value is -2.07. The summed E-state index contributed by atoms with van der Waals surface area (Å²) in [4.78, 5) is 13.0. The summed E-state index contributed by atoms with van der Waals surface area (Å²) in [6, 6.07) is 12.0. The first-order valence-corrected chi connectivity index (χ1v) is 7.43. The first-order chi connectivity index (χ1) is 9.69. The molecule has 4 heteroatoms. The van der Waals surface area contributed by atoms with E-state index in [9.17, 15) is 4.79 Å². The number of aryl methyl sites for hydroxylation is 1. The van der Waals surface area contributed by atoms with Crippen molar-refractivity contribution in [1.29, 1.82) is 0 Å². The molecule has 104 valence electrons. The molecule has 1 aromatic carbocycles. The highest BCUT2D eigenvalue weighted by molar-refractivity contribution is 7.10. The summed E-state index contributed by atoms with van der Waals surface area (Å²) < 4.78 is 0. The van der Waals surface area contributed by atoms with Gasteiger partial charge in [0.1, 0.15) is 0 Å². The van der Waals surface area contributed by atoms with Gasteiger partial charge in [-0.05, 0) is 43.5 Å². The van der Waals surface area contributed by atoms with E-state index in [1.165, 1.54) is 5.56 Å². The molecular formula is C16H18N2OS. The van der Waals surface area contributed by atoms with Crippen LogP contribution in [-0.4, -0.2) is 12.5 Å². The summed E-state index contributed by atoms with van der Waals surface area (Å²) in [6.07, 6.45) is 3.38. The average Bonchev–Trinajstić information content (AvgIpc) is 2.97. The maximum absolute atomic E-state index is 11.9. The Balaban J connectivity index is 1.99. The molecule has 0 atom stereocenters. The van der Waals surface area contributed by atoms with Gasteiger partial charge in [-0.15, -0.1) is 11.3 Å². The number of benzene rings is 1. The van der Waals surface area contributed by atoms with Crippen molar-refractivity contribution in [3.63, 3.8) is 0 Å². The maximum atomic E-state index is 11.9. The molecule has 0 saturated heterocycles. The van der Waals surface area contributed by atoms with Gasteiger partial charge in [-0.3, -0.25) is 15.2 Å². The van der Waals surface area contributed by atoms with Crippen molar-refractivity contribution in [3.05, 3.63) is 58.3 Å². The molecule has 1 amide bonds. The second kappa shape index (κ2) is 6.91. The van der Waals surface area contributed by atoms with E-state index in [-0.39, 0.29) is 5.91 Å². The molecule has 2 rings (SSSR count). The van der Waals surface area contributed by atoms with Crippen LogP contribution in [0.2, 0.25) is 0 Å². The molecule has 0 radical (unpaired) electrons. The minimum Gasteiger partial charge on any atom is -0.286 e. The molecule has 0 aliphatic rings. The lowest BCUT2D eigenvalue weighted by molar-refractivity contribution is -0.116. The number of hydrogen-bond acceptors (Lipinski definition) is 3. The smallest absolute Gasteiger partial charge is 0.262 e. The summed E-state index contributed by atoms with van der Waals surface area (Å²) in [5.41, 5.74) is 5.06. The monoisotopic (exact) mass is 286 g/mol. The number of carbonyl (C=O) groups is 1. The number of nitrogens with one attached hydrogen (secondary N) is 1. The quantitative estimate of drug-likeness (QED) is 0.672. The van der Waals surface area contributed by atoms with Crippen molar-refractivity contribution in [2.45, 2.75) is 13.8 Å². The number of rotatable bonds is 5. The number of anilines is 1. The Morgan fingerprint density at radius 1 is 1.30 bits per heavy atom. The first-order valence-electron chi connectivity index (χ1n) is 6.55. The summed E-state index contributed by atoms with van der Waals surface area (Å²) in [6.45, 7) is 4.76. The van der Waals surface area contributed by atoms with Crippen molar-refractivity contribution < 1.29 is 4.79 Å². The minimum atomic E-state index is -0.124. The lowest BCUT2D eigenvalue weighted by atomic mass is 10.2. The van der Waals surface area contributed by atoms with Crippen molar-refractivity contribution in [1.82, 2.24) is 5.43 Å². The summed E-state index contributed by atoms with van der Waals surface area (Å²) >= 11 is 1.61. The SMILES string of the molecule is CCN(NC(=O)/C=C/c1cccs1)c1ccc(C)cc1. The fourth-order valence-electron chi connectivity index (χ4n) is 1.77. The Morgan fingerprint density at radius 3 is 2.65 bits per heavy atom. The van der Waals surface area contributed by atoms with Gasteiger partial charge in [-0.2, -0.15) is 0 Å². The van der Waals surface area contributed by atoms with Crippen LogP contribution >= 0.6 is 11.3 Å². The third-order valence-corrected chi connectivity index (χ3v) is 3.69. The number of carbonyl (C=O) groups excluding carboxylic acids is 1. The second-order valence-corrected chi connectivity index (χ2v) is 5.38. The van der Waals surface area contributed by atoms with Crippen molar-refractivity contribution in [3.8, 4) is 0 Å². The van der Waals surface area contributed by atoms with Crippen LogP contribution in [0.3, 0.4) is 0 Å². The van der Waals surface area contributed by atoms with Crippen LogP contribution in [-0.2, 0) is 4.79 Å². The van der Waals surface area contributed by atoms with Gasteiger partial charge in [0, 0.05) is 17.5 Å². The van der Waals surface area contributed by atoms with E-state index in [4.69, 9.17) is 0 Å². The van der Waals surface area contributed by atoms with E-state index in [1.54, 1.807) is 17.4 Å². The largest absolute Gasteiger partial charge is 0.286 e. The molecule has 20 heavy (non-hydrogen) atoms. The van der Waals surface area contributed by atoms with Gasteiger partial charge in [-0.1, -0.05) is 23.8 Å². The van der Waals surface area contributed by atoms with Gasteiger partial charge in [-0.25, -0.2) is 0 Å². The zero-order chi connectivity index (χ0) is 14.4. The molecule has 0 aliphatic carbocycles. The molecule has 1 aromatic heterocycles. The van der Waals surface area contributed by atoms with Crippen LogP contribution in [0.4, 0.5) is 5.69 Å². The van der Waals surface area contributed by atoms with Crippen LogP contribution in [0.5, 0.6) is 0 Å². The number of hydrazine groups is 1. The summed E-state index contributed by atoms with van der Waals surface area (Å²) in [5, 5.41) is 3.82. The highest BCUT2D eigenvalue weighted by Crippen LogP contribution is 2.13. The van der Waals surface area contributed by atoms with E-state index >= 15 is 0 Å². The Labute approximate surface area is 123 Å². The van der Waals surface area contributed by atoms with Gasteiger partial charge in [0.15, 0.2) is 0 Å². The van der Waals surface area contributed by atoms with Crippen molar-refractivity contribution in [2.75, 3.05) is 11.6 Å². The first kappa shape index (κ1) is 14.3. The average molecular weight is 286 g/mol. The van der Waals surface area contributed by atoms with Crippen LogP contribution in [0.15, 0.2) is 47.9 Å². The van der Waals surface area contributed by atoms with E-state index in [2.05, 4.69) is 5.43 Å². The topological polar surface area (TPSA) is 32.3 Å². The van der Waals surface area contributed by atoms with E-state index in [0.717, 1.165) is 10.6 Å². The molecular weight excluding hydrogens is 268 g/mol. The molecule has 2 aromatic rings. The molecule has 0 saturated carbocycles. The predicted molar refractivity (Wildman–Crippen MR) is 85.7 cm³/mol. The zero-order valence-electron chi connectivity index (χ0n) is 11.7. The normalized spacial score (nSPS) is 10.7. The van der Waals surface area contributed by atoms with Gasteiger partial charge in [0.25, 0.3) is 5.91 Å². The van der Waals surface area contributed by atoms with Crippen LogP contribution in [0, 0.1) is 6.92 Å².